The lowest BCUT2D eigenvalue weighted by molar-refractivity contribution is -0.870. The minimum Gasteiger partial charge on any atom is -0.387 e. The SMILES string of the molecule is CCCCCCCCCCCCCCCCCCCCCC/C=C/CC/C=C/C(O)C(COP(=O)(O)OCC[N+](C)(C)C)NC(=O)CCCCCCCCCCCCCCCCC. The number of rotatable bonds is 50. The van der Waals surface area contributed by atoms with E-state index in [0.717, 1.165) is 38.5 Å². The number of carbonyl (C=O) groups excluding carboxylic acids is 1. The predicted octanol–water partition coefficient (Wildman–Crippen LogP) is 16.0. The first-order chi connectivity index (χ1) is 30.5. The Labute approximate surface area is 392 Å². The number of phosphoric acid groups is 1. The zero-order chi connectivity index (χ0) is 46.4. The number of nitrogens with one attached hydrogen (secondary N) is 1. The van der Waals surface area contributed by atoms with Crippen molar-refractivity contribution in [2.24, 2.45) is 0 Å². The van der Waals surface area contributed by atoms with Gasteiger partial charge in [-0.3, -0.25) is 13.8 Å². The Kier molecular flexibility index (Phi) is 45.4. The van der Waals surface area contributed by atoms with Crippen LogP contribution in [0.5, 0.6) is 0 Å². The molecular formula is C54H108N2O6P+. The third kappa shape index (κ3) is 48.7. The summed E-state index contributed by atoms with van der Waals surface area (Å²) in [6.45, 7) is 4.83. The Bertz CT molecular complexity index is 1080. The maximum atomic E-state index is 12.9. The van der Waals surface area contributed by atoms with E-state index in [1.165, 1.54) is 205 Å². The fraction of sp³-hybridized carbons (Fsp3) is 0.907. The van der Waals surface area contributed by atoms with Gasteiger partial charge in [0.05, 0.1) is 39.9 Å². The van der Waals surface area contributed by atoms with Crippen LogP contribution in [0.3, 0.4) is 0 Å². The number of quaternary nitrogens is 1. The van der Waals surface area contributed by atoms with E-state index in [1.54, 1.807) is 6.08 Å². The van der Waals surface area contributed by atoms with E-state index in [0.29, 0.717) is 17.4 Å². The Hall–Kier alpha value is -1.02. The van der Waals surface area contributed by atoms with E-state index in [4.69, 9.17) is 9.05 Å². The van der Waals surface area contributed by atoms with E-state index < -0.39 is 20.0 Å². The zero-order valence-electron chi connectivity index (χ0n) is 42.6. The number of allylic oxidation sites excluding steroid dienone is 3. The summed E-state index contributed by atoms with van der Waals surface area (Å²) < 4.78 is 23.6. The highest BCUT2D eigenvalue weighted by molar-refractivity contribution is 7.47. The van der Waals surface area contributed by atoms with Gasteiger partial charge in [-0.2, -0.15) is 0 Å². The van der Waals surface area contributed by atoms with Crippen LogP contribution in [0.1, 0.15) is 264 Å². The lowest BCUT2D eigenvalue weighted by Crippen LogP contribution is -2.45. The maximum Gasteiger partial charge on any atom is 0.472 e. The maximum absolute atomic E-state index is 12.9. The smallest absolute Gasteiger partial charge is 0.387 e. The van der Waals surface area contributed by atoms with Crippen molar-refractivity contribution in [2.75, 3.05) is 40.9 Å². The number of carbonyl (C=O) groups is 1. The Morgan fingerprint density at radius 2 is 0.873 bits per heavy atom. The number of hydrogen-bond acceptors (Lipinski definition) is 5. The van der Waals surface area contributed by atoms with Crippen LogP contribution < -0.4 is 5.32 Å². The monoisotopic (exact) mass is 912 g/mol. The third-order valence-corrected chi connectivity index (χ3v) is 13.4. The molecule has 0 aliphatic rings. The van der Waals surface area contributed by atoms with Crippen molar-refractivity contribution in [3.05, 3.63) is 24.3 Å². The van der Waals surface area contributed by atoms with Crippen molar-refractivity contribution < 1.29 is 32.9 Å². The van der Waals surface area contributed by atoms with Gasteiger partial charge in [-0.1, -0.05) is 250 Å². The lowest BCUT2D eigenvalue weighted by Gasteiger charge is -2.25. The van der Waals surface area contributed by atoms with Gasteiger partial charge in [-0.25, -0.2) is 4.57 Å². The van der Waals surface area contributed by atoms with Crippen LogP contribution in [0.25, 0.3) is 0 Å². The van der Waals surface area contributed by atoms with Crippen LogP contribution in [-0.4, -0.2) is 73.4 Å². The first-order valence-electron chi connectivity index (χ1n) is 27.2. The number of aliphatic hydroxyl groups is 1. The molecular weight excluding hydrogens is 804 g/mol. The van der Waals surface area contributed by atoms with Gasteiger partial charge in [0.15, 0.2) is 0 Å². The molecule has 0 saturated heterocycles. The molecule has 0 aliphatic carbocycles. The van der Waals surface area contributed by atoms with Crippen molar-refractivity contribution in [1.82, 2.24) is 5.32 Å². The number of hydrogen-bond donors (Lipinski definition) is 3. The number of phosphoric ester groups is 1. The molecule has 0 spiro atoms. The molecule has 9 heteroatoms. The molecule has 0 fully saturated rings. The van der Waals surface area contributed by atoms with Crippen molar-refractivity contribution in [2.45, 2.75) is 276 Å². The van der Waals surface area contributed by atoms with Crippen LogP contribution in [0.2, 0.25) is 0 Å². The van der Waals surface area contributed by atoms with Gasteiger partial charge in [0.1, 0.15) is 13.2 Å². The van der Waals surface area contributed by atoms with Gasteiger partial charge in [0, 0.05) is 6.42 Å². The molecule has 0 aromatic heterocycles. The normalized spacial score (nSPS) is 14.2. The van der Waals surface area contributed by atoms with Crippen molar-refractivity contribution in [3.63, 3.8) is 0 Å². The topological polar surface area (TPSA) is 105 Å². The van der Waals surface area contributed by atoms with Gasteiger partial charge in [-0.05, 0) is 32.1 Å². The molecule has 0 aromatic rings. The van der Waals surface area contributed by atoms with Gasteiger partial charge >= 0.3 is 7.82 Å². The lowest BCUT2D eigenvalue weighted by atomic mass is 10.0. The molecule has 0 saturated carbocycles. The zero-order valence-corrected chi connectivity index (χ0v) is 43.5. The number of aliphatic hydroxyl groups excluding tert-OH is 1. The number of nitrogens with zero attached hydrogens (tertiary/aromatic N) is 1. The molecule has 1 amide bonds. The van der Waals surface area contributed by atoms with Gasteiger partial charge < -0.3 is 19.8 Å². The third-order valence-electron chi connectivity index (χ3n) is 12.4. The molecule has 0 rings (SSSR count). The average Bonchev–Trinajstić information content (AvgIpc) is 3.24. The summed E-state index contributed by atoms with van der Waals surface area (Å²) in [6.07, 6.45) is 57.1. The quantitative estimate of drug-likeness (QED) is 0.0243. The molecule has 0 aromatic carbocycles. The largest absolute Gasteiger partial charge is 0.472 e. The minimum absolute atomic E-state index is 0.0586. The molecule has 3 unspecified atom stereocenters. The molecule has 374 valence electrons. The summed E-state index contributed by atoms with van der Waals surface area (Å²) in [7, 11) is 1.57. The molecule has 0 heterocycles. The first-order valence-corrected chi connectivity index (χ1v) is 28.7. The van der Waals surface area contributed by atoms with Gasteiger partial charge in [0.25, 0.3) is 0 Å². The molecule has 0 aliphatic heterocycles. The van der Waals surface area contributed by atoms with E-state index >= 15 is 0 Å². The van der Waals surface area contributed by atoms with Crippen LogP contribution in [0.15, 0.2) is 24.3 Å². The second-order valence-electron chi connectivity index (χ2n) is 20.0. The molecule has 3 N–H and O–H groups in total. The second kappa shape index (κ2) is 46.1. The fourth-order valence-electron chi connectivity index (χ4n) is 8.12. The highest BCUT2D eigenvalue weighted by Gasteiger charge is 2.27. The van der Waals surface area contributed by atoms with Crippen molar-refractivity contribution >= 4 is 13.7 Å². The molecule has 3 atom stereocenters. The van der Waals surface area contributed by atoms with E-state index in [1.807, 2.05) is 27.2 Å². The average molecular weight is 912 g/mol. The van der Waals surface area contributed by atoms with Crippen LogP contribution in [-0.2, 0) is 18.4 Å². The van der Waals surface area contributed by atoms with E-state index in [2.05, 4.69) is 31.3 Å². The Morgan fingerprint density at radius 3 is 1.27 bits per heavy atom. The molecule has 63 heavy (non-hydrogen) atoms. The summed E-state index contributed by atoms with van der Waals surface area (Å²) in [4.78, 5) is 23.2. The number of unbranched alkanes of at least 4 members (excludes halogenated alkanes) is 35. The summed E-state index contributed by atoms with van der Waals surface area (Å²) in [5.74, 6) is -0.183. The molecule has 8 nitrogen and oxygen atoms in total. The highest BCUT2D eigenvalue weighted by atomic mass is 31.2. The minimum atomic E-state index is -4.35. The summed E-state index contributed by atoms with van der Waals surface area (Å²) in [5.41, 5.74) is 0. The first kappa shape index (κ1) is 62.0. The molecule has 0 radical (unpaired) electrons. The summed E-state index contributed by atoms with van der Waals surface area (Å²) in [6, 6.07) is -0.859. The van der Waals surface area contributed by atoms with Crippen molar-refractivity contribution in [3.8, 4) is 0 Å². The standard InChI is InChI=1S/C54H107N2O6P/c1-6-8-10-12-14-16-18-20-22-23-24-25-26-27-28-29-30-31-32-34-35-37-39-41-43-45-47-53(57)52(51-62-63(59,60)61-50-49-56(3,4)5)55-54(58)48-46-44-42-40-38-36-33-21-19-17-15-13-11-9-7-2/h37,39,45,47,52-53,57H,6-36,38,40-44,46,48-51H2,1-5H3,(H-,55,58,59,60)/p+1/b39-37+,47-45+. The highest BCUT2D eigenvalue weighted by Crippen LogP contribution is 2.43. The molecule has 0 bridgehead atoms. The Morgan fingerprint density at radius 1 is 0.524 bits per heavy atom. The van der Waals surface area contributed by atoms with E-state index in [9.17, 15) is 19.4 Å². The summed E-state index contributed by atoms with van der Waals surface area (Å²) >= 11 is 0. The number of likely N-dealkylation sites (N-methyl/N-ethyl adjacent to an activating group) is 1. The van der Waals surface area contributed by atoms with Crippen LogP contribution in [0, 0.1) is 0 Å². The Balaban J connectivity index is 4.24. The van der Waals surface area contributed by atoms with Crippen LogP contribution in [0.4, 0.5) is 0 Å². The number of amides is 1. The fourth-order valence-corrected chi connectivity index (χ4v) is 8.85. The van der Waals surface area contributed by atoms with Gasteiger partial charge in [-0.15, -0.1) is 0 Å². The summed E-state index contributed by atoms with van der Waals surface area (Å²) in [5, 5.41) is 13.9. The van der Waals surface area contributed by atoms with Crippen LogP contribution >= 0.6 is 7.82 Å². The van der Waals surface area contributed by atoms with Crippen molar-refractivity contribution in [1.29, 1.82) is 0 Å². The predicted molar refractivity (Wildman–Crippen MR) is 272 cm³/mol. The van der Waals surface area contributed by atoms with Gasteiger partial charge in [0.2, 0.25) is 5.91 Å². The van der Waals surface area contributed by atoms with E-state index in [-0.39, 0.29) is 19.1 Å². The second-order valence-corrected chi connectivity index (χ2v) is 21.4.